The van der Waals surface area contributed by atoms with Crippen molar-refractivity contribution in [3.8, 4) is 0 Å². The largest absolute Gasteiger partial charge is 0.399 e. The fraction of sp³-hybridized carbons (Fsp3) is 0.519. The van der Waals surface area contributed by atoms with E-state index in [0.717, 1.165) is 6.42 Å². The van der Waals surface area contributed by atoms with Crippen LogP contribution >= 0.6 is 0 Å². The summed E-state index contributed by atoms with van der Waals surface area (Å²) in [6, 6.07) is 13.0. The molecule has 2 aromatic rings. The van der Waals surface area contributed by atoms with Crippen LogP contribution in [0.1, 0.15) is 105 Å². The predicted molar refractivity (Wildman–Crippen MR) is 130 cm³/mol. The smallest absolute Gasteiger partial charge is 0.193 e. The molecule has 0 saturated heterocycles. The van der Waals surface area contributed by atoms with E-state index in [1.54, 1.807) is 18.2 Å². The number of anilines is 2. The van der Waals surface area contributed by atoms with Gasteiger partial charge in [0.1, 0.15) is 0 Å². The highest BCUT2D eigenvalue weighted by Crippen LogP contribution is 2.19. The molecule has 0 aliphatic heterocycles. The van der Waals surface area contributed by atoms with Crippen LogP contribution in [-0.2, 0) is 6.42 Å². The van der Waals surface area contributed by atoms with Crippen molar-refractivity contribution in [3.05, 3.63) is 59.2 Å². The summed E-state index contributed by atoms with van der Waals surface area (Å²) in [4.78, 5) is 12.6. The van der Waals surface area contributed by atoms with Gasteiger partial charge in [-0.3, -0.25) is 4.79 Å². The third-order valence-corrected chi connectivity index (χ3v) is 5.77. The Morgan fingerprint density at radius 1 is 0.633 bits per heavy atom. The zero-order valence-electron chi connectivity index (χ0n) is 18.8. The summed E-state index contributed by atoms with van der Waals surface area (Å²) in [6.07, 6.45) is 17.5. The number of benzene rings is 2. The van der Waals surface area contributed by atoms with E-state index in [0.29, 0.717) is 22.5 Å². The monoisotopic (exact) mass is 408 g/mol. The van der Waals surface area contributed by atoms with Gasteiger partial charge in [0.2, 0.25) is 0 Å². The molecule has 0 amide bonds. The van der Waals surface area contributed by atoms with Crippen molar-refractivity contribution in [2.24, 2.45) is 0 Å². The number of hydrogen-bond donors (Lipinski definition) is 2. The molecule has 0 bridgehead atoms. The van der Waals surface area contributed by atoms with Gasteiger partial charge in [-0.05, 0) is 36.6 Å². The first-order valence-corrected chi connectivity index (χ1v) is 11.9. The second kappa shape index (κ2) is 13.8. The molecule has 2 rings (SSSR count). The Labute approximate surface area is 183 Å². The Morgan fingerprint density at radius 2 is 1.10 bits per heavy atom. The first-order valence-electron chi connectivity index (χ1n) is 11.9. The van der Waals surface area contributed by atoms with E-state index in [1.165, 1.54) is 82.6 Å². The summed E-state index contributed by atoms with van der Waals surface area (Å²) in [5.74, 6) is -0.0362. The minimum Gasteiger partial charge on any atom is -0.399 e. The topological polar surface area (TPSA) is 69.1 Å². The molecule has 0 unspecified atom stereocenters. The van der Waals surface area contributed by atoms with Crippen molar-refractivity contribution >= 4 is 17.2 Å². The average molecular weight is 409 g/mol. The molecule has 0 heterocycles. The zero-order valence-corrected chi connectivity index (χ0v) is 18.8. The number of hydrogen-bond acceptors (Lipinski definition) is 3. The molecule has 0 aliphatic rings. The van der Waals surface area contributed by atoms with Crippen LogP contribution in [0.15, 0.2) is 42.5 Å². The van der Waals surface area contributed by atoms with Crippen molar-refractivity contribution < 1.29 is 4.79 Å². The van der Waals surface area contributed by atoms with Gasteiger partial charge < -0.3 is 11.5 Å². The Kier molecular flexibility index (Phi) is 11.1. The fourth-order valence-electron chi connectivity index (χ4n) is 3.97. The minimum atomic E-state index is -0.0362. The van der Waals surface area contributed by atoms with E-state index in [1.807, 2.05) is 12.1 Å². The molecule has 0 fully saturated rings. The van der Waals surface area contributed by atoms with E-state index in [4.69, 9.17) is 11.5 Å². The lowest BCUT2D eigenvalue weighted by atomic mass is 9.99. The molecule has 164 valence electrons. The lowest BCUT2D eigenvalue weighted by Crippen LogP contribution is -2.04. The highest BCUT2D eigenvalue weighted by atomic mass is 16.1. The third kappa shape index (κ3) is 9.02. The molecule has 0 atom stereocenters. The standard InChI is InChI=1S/C27H40N2O/c1-2-3-4-5-6-7-8-9-10-11-12-13-14-22-15-17-23(18-16-22)27(30)24-19-25(28)21-26(29)20-24/h15-21H,2-14,28-29H2,1H3. The van der Waals surface area contributed by atoms with Gasteiger partial charge in [-0.25, -0.2) is 0 Å². The van der Waals surface area contributed by atoms with Crippen LogP contribution in [0.4, 0.5) is 11.4 Å². The van der Waals surface area contributed by atoms with Gasteiger partial charge in [0, 0.05) is 22.5 Å². The first kappa shape index (κ1) is 24.0. The molecule has 0 aromatic heterocycles. The average Bonchev–Trinajstić information content (AvgIpc) is 2.74. The van der Waals surface area contributed by atoms with Gasteiger partial charge in [-0.1, -0.05) is 102 Å². The summed E-state index contributed by atoms with van der Waals surface area (Å²) in [5.41, 5.74) is 15.2. The Morgan fingerprint density at radius 3 is 1.60 bits per heavy atom. The zero-order chi connectivity index (χ0) is 21.6. The highest BCUT2D eigenvalue weighted by molar-refractivity contribution is 6.09. The molecule has 30 heavy (non-hydrogen) atoms. The van der Waals surface area contributed by atoms with Gasteiger partial charge in [0.15, 0.2) is 5.78 Å². The summed E-state index contributed by atoms with van der Waals surface area (Å²) in [7, 11) is 0. The molecular formula is C27H40N2O. The maximum Gasteiger partial charge on any atom is 0.193 e. The molecule has 0 aliphatic carbocycles. The maximum atomic E-state index is 12.6. The van der Waals surface area contributed by atoms with Gasteiger partial charge in [-0.2, -0.15) is 0 Å². The highest BCUT2D eigenvalue weighted by Gasteiger charge is 2.10. The summed E-state index contributed by atoms with van der Waals surface area (Å²) >= 11 is 0. The SMILES string of the molecule is CCCCCCCCCCCCCCc1ccc(C(=O)c2cc(N)cc(N)c2)cc1. The van der Waals surface area contributed by atoms with Gasteiger partial charge in [0.05, 0.1) is 0 Å². The van der Waals surface area contributed by atoms with E-state index < -0.39 is 0 Å². The van der Waals surface area contributed by atoms with Crippen LogP contribution < -0.4 is 11.5 Å². The summed E-state index contributed by atoms with van der Waals surface area (Å²) in [5, 5.41) is 0. The van der Waals surface area contributed by atoms with Crippen molar-refractivity contribution in [2.45, 2.75) is 90.4 Å². The Bertz CT molecular complexity index is 732. The van der Waals surface area contributed by atoms with Crippen LogP contribution in [0.5, 0.6) is 0 Å². The number of unbranched alkanes of at least 4 members (excludes halogenated alkanes) is 11. The van der Waals surface area contributed by atoms with Gasteiger partial charge >= 0.3 is 0 Å². The van der Waals surface area contributed by atoms with Gasteiger partial charge in [-0.15, -0.1) is 0 Å². The van der Waals surface area contributed by atoms with E-state index in [9.17, 15) is 4.79 Å². The van der Waals surface area contributed by atoms with Gasteiger partial charge in [0.25, 0.3) is 0 Å². The molecule has 2 aromatic carbocycles. The Balaban J connectivity index is 1.59. The van der Waals surface area contributed by atoms with Crippen LogP contribution in [0.2, 0.25) is 0 Å². The second-order valence-corrected chi connectivity index (χ2v) is 8.55. The lowest BCUT2D eigenvalue weighted by Gasteiger charge is -2.06. The summed E-state index contributed by atoms with van der Waals surface area (Å²) in [6.45, 7) is 2.27. The van der Waals surface area contributed by atoms with E-state index in [-0.39, 0.29) is 5.78 Å². The minimum absolute atomic E-state index is 0.0362. The predicted octanol–water partition coefficient (Wildman–Crippen LogP) is 7.33. The van der Waals surface area contributed by atoms with Crippen LogP contribution in [-0.4, -0.2) is 5.78 Å². The number of carbonyl (C=O) groups excluding carboxylic acids is 1. The van der Waals surface area contributed by atoms with Crippen molar-refractivity contribution in [1.82, 2.24) is 0 Å². The van der Waals surface area contributed by atoms with Crippen molar-refractivity contribution in [1.29, 1.82) is 0 Å². The molecule has 0 spiro atoms. The number of nitrogens with two attached hydrogens (primary N) is 2. The fourth-order valence-corrected chi connectivity index (χ4v) is 3.97. The van der Waals surface area contributed by atoms with Crippen LogP contribution in [0, 0.1) is 0 Å². The van der Waals surface area contributed by atoms with E-state index in [2.05, 4.69) is 19.1 Å². The number of carbonyl (C=O) groups is 1. The number of aryl methyl sites for hydroxylation is 1. The Hall–Kier alpha value is -2.29. The van der Waals surface area contributed by atoms with Crippen molar-refractivity contribution in [3.63, 3.8) is 0 Å². The van der Waals surface area contributed by atoms with Crippen molar-refractivity contribution in [2.75, 3.05) is 11.5 Å². The molecule has 0 saturated carbocycles. The second-order valence-electron chi connectivity index (χ2n) is 8.55. The normalized spacial score (nSPS) is 11.0. The summed E-state index contributed by atoms with van der Waals surface area (Å²) < 4.78 is 0. The molecule has 3 nitrogen and oxygen atoms in total. The van der Waals surface area contributed by atoms with Crippen LogP contribution in [0.25, 0.3) is 0 Å². The number of nitrogen functional groups attached to an aromatic ring is 2. The number of rotatable bonds is 15. The lowest BCUT2D eigenvalue weighted by molar-refractivity contribution is 0.103. The number of ketones is 1. The van der Waals surface area contributed by atoms with E-state index >= 15 is 0 Å². The first-order chi connectivity index (χ1) is 14.6. The quantitative estimate of drug-likeness (QED) is 0.184. The maximum absolute atomic E-state index is 12.6. The molecule has 4 N–H and O–H groups in total. The molecule has 0 radical (unpaired) electrons. The molecular weight excluding hydrogens is 368 g/mol. The molecule has 3 heteroatoms. The third-order valence-electron chi connectivity index (χ3n) is 5.77. The van der Waals surface area contributed by atoms with Crippen LogP contribution in [0.3, 0.4) is 0 Å².